The van der Waals surface area contributed by atoms with Crippen molar-refractivity contribution < 1.29 is 24.2 Å². The van der Waals surface area contributed by atoms with Crippen LogP contribution in [0.5, 0.6) is 5.75 Å². The summed E-state index contributed by atoms with van der Waals surface area (Å²) < 4.78 is 15.8. The molecule has 0 bridgehead atoms. The van der Waals surface area contributed by atoms with E-state index in [0.717, 1.165) is 85.2 Å². The summed E-state index contributed by atoms with van der Waals surface area (Å²) in [5.41, 5.74) is 5.70. The van der Waals surface area contributed by atoms with Gasteiger partial charge in [-0.2, -0.15) is 5.10 Å². The van der Waals surface area contributed by atoms with E-state index in [1.54, 1.807) is 7.11 Å². The van der Waals surface area contributed by atoms with Gasteiger partial charge in [0.1, 0.15) is 17.7 Å². The number of aromatic nitrogens is 5. The van der Waals surface area contributed by atoms with E-state index >= 15 is 0 Å². The largest absolute Gasteiger partial charge is 0.484 e. The maximum absolute atomic E-state index is 13.7. The van der Waals surface area contributed by atoms with Gasteiger partial charge in [-0.05, 0) is 87.0 Å². The second-order valence-electron chi connectivity index (χ2n) is 15.7. The molecule has 1 aliphatic heterocycles. The Kier molecular flexibility index (Phi) is 12.9. The summed E-state index contributed by atoms with van der Waals surface area (Å²) in [5.74, 6) is 2.25. The van der Waals surface area contributed by atoms with Gasteiger partial charge in [0, 0.05) is 44.3 Å². The number of methoxy groups -OCH3 is 1. The summed E-state index contributed by atoms with van der Waals surface area (Å²) in [7, 11) is 3.80. The van der Waals surface area contributed by atoms with E-state index < -0.39 is 0 Å². The molecule has 14 heteroatoms. The molecule has 56 heavy (non-hydrogen) atoms. The number of urea groups is 1. The van der Waals surface area contributed by atoms with Crippen molar-refractivity contribution in [3.63, 3.8) is 0 Å². The van der Waals surface area contributed by atoms with Gasteiger partial charge < -0.3 is 24.8 Å². The lowest BCUT2D eigenvalue weighted by molar-refractivity contribution is -0.122. The topological polar surface area (TPSA) is 151 Å². The summed E-state index contributed by atoms with van der Waals surface area (Å²) in [4.78, 5) is 26.7. The SMILES string of the molecule is COCCN(C)Cc1ccc(-n2nc(C(C)(C)C)cc2NC(=O)N[C@H]2CC[C@@H](Oc3ccc4nnc(N5CCCC[C@@H]5C)n4c3)c3ccccc32)cc1.O=CO. The van der Waals surface area contributed by atoms with Crippen LogP contribution in [0.2, 0.25) is 0 Å². The van der Waals surface area contributed by atoms with E-state index in [1.165, 1.54) is 12.0 Å². The number of anilines is 2. The zero-order valence-electron chi connectivity index (χ0n) is 33.3. The molecule has 3 N–H and O–H groups in total. The predicted molar refractivity (Wildman–Crippen MR) is 217 cm³/mol. The number of carbonyl (C=O) groups is 2. The normalized spacial score (nSPS) is 18.2. The summed E-state index contributed by atoms with van der Waals surface area (Å²) in [5, 5.41) is 27.2. The Bertz CT molecular complexity index is 2070. The van der Waals surface area contributed by atoms with Gasteiger partial charge in [-0.3, -0.25) is 19.4 Å². The number of carboxylic acid groups (broad SMARTS) is 1. The Labute approximate surface area is 328 Å². The van der Waals surface area contributed by atoms with Crippen molar-refractivity contribution >= 4 is 29.9 Å². The Morgan fingerprint density at radius 3 is 2.48 bits per heavy atom. The van der Waals surface area contributed by atoms with Crippen LogP contribution in [0.1, 0.15) is 94.3 Å². The Hall–Kier alpha value is -5.47. The highest BCUT2D eigenvalue weighted by Gasteiger charge is 2.31. The number of pyridine rings is 1. The highest BCUT2D eigenvalue weighted by molar-refractivity contribution is 5.89. The summed E-state index contributed by atoms with van der Waals surface area (Å²) in [6.07, 6.45) is 6.89. The first-order valence-electron chi connectivity index (χ1n) is 19.4. The summed E-state index contributed by atoms with van der Waals surface area (Å²) >= 11 is 0. The minimum Gasteiger partial charge on any atom is -0.484 e. The number of hydrogen-bond acceptors (Lipinski definition) is 9. The van der Waals surface area contributed by atoms with Gasteiger partial charge in [-0.15, -0.1) is 10.2 Å². The first kappa shape index (κ1) is 40.2. The molecule has 2 aliphatic rings. The Morgan fingerprint density at radius 1 is 1.02 bits per heavy atom. The predicted octanol–water partition coefficient (Wildman–Crippen LogP) is 7.15. The van der Waals surface area contributed by atoms with E-state index in [-0.39, 0.29) is 30.1 Å². The number of ether oxygens (including phenoxy) is 2. The van der Waals surface area contributed by atoms with Crippen molar-refractivity contribution in [2.45, 2.75) is 89.9 Å². The molecule has 2 amide bonds. The molecule has 3 aromatic heterocycles. The van der Waals surface area contributed by atoms with Crippen LogP contribution in [-0.2, 0) is 21.5 Å². The summed E-state index contributed by atoms with van der Waals surface area (Å²) in [6.45, 7) is 11.7. The lowest BCUT2D eigenvalue weighted by Gasteiger charge is -2.33. The molecule has 0 radical (unpaired) electrons. The van der Waals surface area contributed by atoms with Crippen molar-refractivity contribution in [2.24, 2.45) is 0 Å². The Morgan fingerprint density at radius 2 is 1.77 bits per heavy atom. The van der Waals surface area contributed by atoms with Crippen LogP contribution in [0.15, 0.2) is 72.9 Å². The molecular weight excluding hydrogens is 711 g/mol. The number of nitrogens with zero attached hydrogens (tertiary/aromatic N) is 7. The van der Waals surface area contributed by atoms with Crippen molar-refractivity contribution in [1.82, 2.24) is 34.6 Å². The van der Waals surface area contributed by atoms with Crippen LogP contribution in [0.4, 0.5) is 16.6 Å². The second-order valence-corrected chi connectivity index (χ2v) is 15.7. The highest BCUT2D eigenvalue weighted by atomic mass is 16.5. The molecule has 14 nitrogen and oxygen atoms in total. The maximum Gasteiger partial charge on any atom is 0.320 e. The third-order valence-corrected chi connectivity index (χ3v) is 10.5. The first-order chi connectivity index (χ1) is 27.0. The standard InChI is InChI=1S/C41H53N9O3.CH2O2/c1-28-11-9-10-22-48(28)40-45-44-37-21-18-31(27-49(37)40)53-35-20-19-34(32-12-7-8-13-33(32)35)42-39(51)43-38-25-36(41(2,3)4)46-50(38)30-16-14-29(15-17-30)26-47(5)23-24-52-6;2-1-3/h7-8,12-18,21,25,27-28,34-35H,9-11,19-20,22-24,26H2,1-6H3,(H2,42,43,51);1H,(H,2,3)/t28-,34-,35+;/m0./s1. The Balaban J connectivity index is 0.00000172. The molecule has 0 unspecified atom stereocenters. The number of piperidine rings is 1. The number of hydrogen-bond donors (Lipinski definition) is 3. The van der Waals surface area contributed by atoms with E-state index in [0.29, 0.717) is 18.5 Å². The van der Waals surface area contributed by atoms with E-state index in [4.69, 9.17) is 24.5 Å². The first-order valence-corrected chi connectivity index (χ1v) is 19.4. The molecule has 0 spiro atoms. The van der Waals surface area contributed by atoms with Crippen LogP contribution in [0.25, 0.3) is 11.3 Å². The van der Waals surface area contributed by atoms with Crippen molar-refractivity contribution in [1.29, 1.82) is 0 Å². The average Bonchev–Trinajstić information content (AvgIpc) is 3.80. The van der Waals surface area contributed by atoms with E-state index in [1.807, 2.05) is 45.6 Å². The maximum atomic E-state index is 13.7. The molecule has 4 heterocycles. The molecule has 3 atom stereocenters. The molecule has 7 rings (SSSR count). The average molecular weight is 766 g/mol. The van der Waals surface area contributed by atoms with Crippen LogP contribution < -0.4 is 20.3 Å². The lowest BCUT2D eigenvalue weighted by atomic mass is 9.85. The molecule has 5 aromatic rings. The molecule has 2 aromatic carbocycles. The van der Waals surface area contributed by atoms with Crippen molar-refractivity contribution in [3.05, 3.63) is 95.3 Å². The number of benzene rings is 2. The minimum absolute atomic E-state index is 0.155. The van der Waals surface area contributed by atoms with Gasteiger partial charge in [0.25, 0.3) is 6.47 Å². The number of likely N-dealkylation sites (N-methyl/N-ethyl adjacent to an activating group) is 1. The third-order valence-electron chi connectivity index (χ3n) is 10.5. The van der Waals surface area contributed by atoms with Crippen LogP contribution >= 0.6 is 0 Å². The fraction of sp³-hybridized carbons (Fsp3) is 0.452. The van der Waals surface area contributed by atoms with Gasteiger partial charge in [-0.25, -0.2) is 9.48 Å². The van der Waals surface area contributed by atoms with Crippen molar-refractivity contribution in [3.8, 4) is 11.4 Å². The summed E-state index contributed by atoms with van der Waals surface area (Å²) in [6, 6.07) is 22.4. The molecule has 1 aliphatic carbocycles. The van der Waals surface area contributed by atoms with Gasteiger partial charge in [-0.1, -0.05) is 57.2 Å². The zero-order chi connectivity index (χ0) is 39.8. The van der Waals surface area contributed by atoms with Crippen molar-refractivity contribution in [2.75, 3.05) is 44.1 Å². The number of carbonyl (C=O) groups excluding carboxylic acids is 1. The molecule has 1 fully saturated rings. The number of amides is 2. The molecule has 298 valence electrons. The smallest absolute Gasteiger partial charge is 0.320 e. The fourth-order valence-corrected chi connectivity index (χ4v) is 7.43. The third kappa shape index (κ3) is 9.48. The molecular formula is C42H55N9O5. The highest BCUT2D eigenvalue weighted by Crippen LogP contribution is 2.39. The molecule has 1 saturated heterocycles. The van der Waals surface area contributed by atoms with Gasteiger partial charge in [0.15, 0.2) is 5.65 Å². The van der Waals surface area contributed by atoms with Crippen LogP contribution in [0, 0.1) is 0 Å². The second kappa shape index (κ2) is 18.0. The van der Waals surface area contributed by atoms with Gasteiger partial charge in [0.2, 0.25) is 5.95 Å². The van der Waals surface area contributed by atoms with E-state index in [9.17, 15) is 4.79 Å². The number of rotatable bonds is 11. The lowest BCUT2D eigenvalue weighted by Crippen LogP contribution is -2.38. The van der Waals surface area contributed by atoms with Crippen LogP contribution in [0.3, 0.4) is 0 Å². The molecule has 0 saturated carbocycles. The van der Waals surface area contributed by atoms with E-state index in [2.05, 4.69) is 102 Å². The number of fused-ring (bicyclic) bond motifs is 2. The number of nitrogens with one attached hydrogen (secondary N) is 2. The van der Waals surface area contributed by atoms with Gasteiger partial charge in [0.05, 0.1) is 30.2 Å². The quantitative estimate of drug-likeness (QED) is 0.118. The minimum atomic E-state index is -0.278. The van der Waals surface area contributed by atoms with Crippen LogP contribution in [-0.4, -0.2) is 86.8 Å². The zero-order valence-corrected chi connectivity index (χ0v) is 33.3. The van der Waals surface area contributed by atoms with Gasteiger partial charge >= 0.3 is 6.03 Å². The fourth-order valence-electron chi connectivity index (χ4n) is 7.43. The monoisotopic (exact) mass is 765 g/mol.